The summed E-state index contributed by atoms with van der Waals surface area (Å²) in [5, 5.41) is 12.9. The number of nitrogens with zero attached hydrogens (tertiary/aromatic N) is 1. The Bertz CT molecular complexity index is 706. The molecule has 2 aromatic rings. The number of benzene rings is 2. The Hall–Kier alpha value is -1.50. The van der Waals surface area contributed by atoms with Crippen molar-refractivity contribution in [3.8, 4) is 6.07 Å². The smallest absolute Gasteiger partial charge is 0.101 e. The maximum Gasteiger partial charge on any atom is 0.101 e. The van der Waals surface area contributed by atoms with Crippen molar-refractivity contribution in [1.29, 1.82) is 5.26 Å². The van der Waals surface area contributed by atoms with Crippen LogP contribution in [0.1, 0.15) is 29.2 Å². The van der Waals surface area contributed by atoms with Crippen molar-refractivity contribution in [3.05, 3.63) is 62.6 Å². The number of fused-ring (bicyclic) bond motifs is 1. The summed E-state index contributed by atoms with van der Waals surface area (Å²) in [5.41, 5.74) is 4.19. The molecule has 3 rings (SSSR count). The van der Waals surface area contributed by atoms with Crippen LogP contribution in [0, 0.1) is 11.3 Å². The van der Waals surface area contributed by atoms with Gasteiger partial charge in [-0.2, -0.15) is 5.26 Å². The molecule has 2 nitrogen and oxygen atoms in total. The van der Waals surface area contributed by atoms with E-state index < -0.39 is 0 Å². The topological polar surface area (TPSA) is 35.8 Å². The first-order valence-corrected chi connectivity index (χ1v) is 7.59. The summed E-state index contributed by atoms with van der Waals surface area (Å²) in [6.45, 7) is 0. The minimum Gasteiger partial charge on any atom is -0.378 e. The van der Waals surface area contributed by atoms with Crippen molar-refractivity contribution >= 4 is 33.2 Å². The molecule has 0 fully saturated rings. The van der Waals surface area contributed by atoms with Crippen LogP contribution in [0.4, 0.5) is 5.69 Å². The summed E-state index contributed by atoms with van der Waals surface area (Å²) >= 11 is 9.58. The normalized spacial score (nSPS) is 16.6. The van der Waals surface area contributed by atoms with Gasteiger partial charge in [0.2, 0.25) is 0 Å². The van der Waals surface area contributed by atoms with E-state index in [1.807, 2.05) is 12.1 Å². The standard InChI is InChI=1S/C16H12BrClN2/c17-12-3-5-14-10(7-12)2-6-16(14)20-13-4-1-11(9-19)15(18)8-13/h1,3-5,7-8,16,20H,2,6H2. The highest BCUT2D eigenvalue weighted by molar-refractivity contribution is 9.10. The molecule has 2 aromatic carbocycles. The Morgan fingerprint density at radius 2 is 2.10 bits per heavy atom. The zero-order chi connectivity index (χ0) is 14.1. The van der Waals surface area contributed by atoms with Gasteiger partial charge in [0.05, 0.1) is 16.6 Å². The Labute approximate surface area is 131 Å². The number of anilines is 1. The van der Waals surface area contributed by atoms with Gasteiger partial charge in [0.1, 0.15) is 6.07 Å². The molecule has 0 bridgehead atoms. The minimum absolute atomic E-state index is 0.308. The van der Waals surface area contributed by atoms with Gasteiger partial charge in [-0.25, -0.2) is 0 Å². The van der Waals surface area contributed by atoms with E-state index >= 15 is 0 Å². The minimum atomic E-state index is 0.308. The zero-order valence-electron chi connectivity index (χ0n) is 10.7. The van der Waals surface area contributed by atoms with E-state index in [0.29, 0.717) is 16.6 Å². The van der Waals surface area contributed by atoms with Gasteiger partial charge in [-0.1, -0.05) is 33.6 Å². The van der Waals surface area contributed by atoms with E-state index in [4.69, 9.17) is 16.9 Å². The van der Waals surface area contributed by atoms with Gasteiger partial charge in [-0.05, 0) is 54.3 Å². The maximum absolute atomic E-state index is 8.89. The number of hydrogen-bond acceptors (Lipinski definition) is 2. The number of nitrogens with one attached hydrogen (secondary N) is 1. The number of hydrogen-bond donors (Lipinski definition) is 1. The maximum atomic E-state index is 8.89. The summed E-state index contributed by atoms with van der Waals surface area (Å²) < 4.78 is 1.12. The fourth-order valence-electron chi connectivity index (χ4n) is 2.63. The molecule has 0 aromatic heterocycles. The molecule has 0 amide bonds. The molecular weight excluding hydrogens is 336 g/mol. The first-order chi connectivity index (χ1) is 9.67. The van der Waals surface area contributed by atoms with E-state index in [-0.39, 0.29) is 0 Å². The molecule has 1 N–H and O–H groups in total. The first kappa shape index (κ1) is 13.5. The van der Waals surface area contributed by atoms with Gasteiger partial charge in [-0.15, -0.1) is 0 Å². The summed E-state index contributed by atoms with van der Waals surface area (Å²) in [4.78, 5) is 0. The van der Waals surface area contributed by atoms with Crippen LogP contribution < -0.4 is 5.32 Å². The number of halogens is 2. The van der Waals surface area contributed by atoms with Crippen molar-refractivity contribution in [1.82, 2.24) is 0 Å². The number of aryl methyl sites for hydroxylation is 1. The highest BCUT2D eigenvalue weighted by Gasteiger charge is 2.22. The second-order valence-electron chi connectivity index (χ2n) is 4.89. The summed E-state index contributed by atoms with van der Waals surface area (Å²) in [6, 6.07) is 14.3. The highest BCUT2D eigenvalue weighted by Crippen LogP contribution is 2.35. The molecule has 1 unspecified atom stereocenters. The Kier molecular flexibility index (Phi) is 3.69. The van der Waals surface area contributed by atoms with Crippen LogP contribution in [0.5, 0.6) is 0 Å². The molecule has 0 radical (unpaired) electrons. The molecule has 0 aliphatic heterocycles. The molecule has 100 valence electrons. The van der Waals surface area contributed by atoms with Crippen molar-refractivity contribution in [2.45, 2.75) is 18.9 Å². The van der Waals surface area contributed by atoms with E-state index in [1.165, 1.54) is 11.1 Å². The fourth-order valence-corrected chi connectivity index (χ4v) is 3.26. The third-order valence-electron chi connectivity index (χ3n) is 3.61. The molecule has 1 atom stereocenters. The quantitative estimate of drug-likeness (QED) is 0.823. The highest BCUT2D eigenvalue weighted by atomic mass is 79.9. The van der Waals surface area contributed by atoms with E-state index in [9.17, 15) is 0 Å². The lowest BCUT2D eigenvalue weighted by molar-refractivity contribution is 0.762. The second-order valence-corrected chi connectivity index (χ2v) is 6.21. The van der Waals surface area contributed by atoms with Crippen LogP contribution in [0.3, 0.4) is 0 Å². The lowest BCUT2D eigenvalue weighted by Crippen LogP contribution is -2.07. The Morgan fingerprint density at radius 1 is 1.25 bits per heavy atom. The van der Waals surface area contributed by atoms with Crippen LogP contribution in [0.25, 0.3) is 0 Å². The zero-order valence-corrected chi connectivity index (χ0v) is 13.0. The molecule has 20 heavy (non-hydrogen) atoms. The molecular formula is C16H12BrClN2. The van der Waals surface area contributed by atoms with E-state index in [0.717, 1.165) is 23.0 Å². The third kappa shape index (κ3) is 2.54. The third-order valence-corrected chi connectivity index (χ3v) is 4.42. The summed E-state index contributed by atoms with van der Waals surface area (Å²) in [6.07, 6.45) is 2.15. The largest absolute Gasteiger partial charge is 0.378 e. The van der Waals surface area contributed by atoms with Gasteiger partial charge < -0.3 is 5.32 Å². The van der Waals surface area contributed by atoms with Gasteiger partial charge in [0, 0.05) is 10.2 Å². The van der Waals surface area contributed by atoms with Gasteiger partial charge in [0.15, 0.2) is 0 Å². The predicted octanol–water partition coefficient (Wildman–Crippen LogP) is 5.07. The average Bonchev–Trinajstić information content (AvgIpc) is 2.81. The second kappa shape index (κ2) is 5.47. The molecule has 0 spiro atoms. The van der Waals surface area contributed by atoms with Gasteiger partial charge in [0.25, 0.3) is 0 Å². The Morgan fingerprint density at radius 3 is 2.85 bits per heavy atom. The molecule has 4 heteroatoms. The molecule has 1 aliphatic rings. The van der Waals surface area contributed by atoms with E-state index in [1.54, 1.807) is 6.07 Å². The Balaban J connectivity index is 1.84. The van der Waals surface area contributed by atoms with Crippen molar-refractivity contribution in [2.24, 2.45) is 0 Å². The van der Waals surface area contributed by atoms with Crippen LogP contribution in [-0.2, 0) is 6.42 Å². The lowest BCUT2D eigenvalue weighted by Gasteiger charge is -2.16. The summed E-state index contributed by atoms with van der Waals surface area (Å²) in [5.74, 6) is 0. The van der Waals surface area contributed by atoms with E-state index in [2.05, 4.69) is 45.5 Å². The van der Waals surface area contributed by atoms with Gasteiger partial charge in [-0.3, -0.25) is 0 Å². The first-order valence-electron chi connectivity index (χ1n) is 6.42. The van der Waals surface area contributed by atoms with Crippen molar-refractivity contribution in [2.75, 3.05) is 5.32 Å². The molecule has 0 saturated carbocycles. The van der Waals surface area contributed by atoms with Crippen LogP contribution in [0.2, 0.25) is 5.02 Å². The molecule has 0 saturated heterocycles. The molecule has 1 aliphatic carbocycles. The predicted molar refractivity (Wildman–Crippen MR) is 85.0 cm³/mol. The van der Waals surface area contributed by atoms with Crippen molar-refractivity contribution < 1.29 is 0 Å². The number of rotatable bonds is 2. The van der Waals surface area contributed by atoms with Crippen LogP contribution in [-0.4, -0.2) is 0 Å². The van der Waals surface area contributed by atoms with Crippen molar-refractivity contribution in [3.63, 3.8) is 0 Å². The SMILES string of the molecule is N#Cc1ccc(NC2CCc3cc(Br)ccc32)cc1Cl. The molecule has 0 heterocycles. The average molecular weight is 348 g/mol. The lowest BCUT2D eigenvalue weighted by atomic mass is 10.1. The monoisotopic (exact) mass is 346 g/mol. The van der Waals surface area contributed by atoms with Crippen LogP contribution >= 0.6 is 27.5 Å². The fraction of sp³-hybridized carbons (Fsp3) is 0.188. The van der Waals surface area contributed by atoms with Gasteiger partial charge >= 0.3 is 0 Å². The van der Waals surface area contributed by atoms with Crippen LogP contribution in [0.15, 0.2) is 40.9 Å². The summed E-state index contributed by atoms with van der Waals surface area (Å²) in [7, 11) is 0. The number of nitriles is 1.